The zero-order valence-corrected chi connectivity index (χ0v) is 19.0. The second kappa shape index (κ2) is 9.18. The summed E-state index contributed by atoms with van der Waals surface area (Å²) in [4.78, 5) is 12.5. The molecule has 1 aliphatic rings. The molecular weight excluding hydrogens is 398 g/mol. The molecule has 0 bridgehead atoms. The van der Waals surface area contributed by atoms with Gasteiger partial charge in [0.25, 0.3) is 0 Å². The molecule has 6 nitrogen and oxygen atoms in total. The molecule has 1 N–H and O–H groups in total. The molecule has 1 aliphatic carbocycles. The minimum absolute atomic E-state index is 0.175. The number of hydrogen-bond acceptors (Lipinski definition) is 3. The van der Waals surface area contributed by atoms with Gasteiger partial charge in [0.1, 0.15) is 0 Å². The van der Waals surface area contributed by atoms with Gasteiger partial charge in [0.15, 0.2) is 0 Å². The summed E-state index contributed by atoms with van der Waals surface area (Å²) >= 11 is 0. The molecule has 1 fully saturated rings. The van der Waals surface area contributed by atoms with E-state index in [4.69, 9.17) is 0 Å². The molecule has 0 atom stereocenters. The van der Waals surface area contributed by atoms with Gasteiger partial charge in [0.2, 0.25) is 15.9 Å². The van der Waals surface area contributed by atoms with Crippen LogP contribution < -0.4 is 5.32 Å². The predicted octanol–water partition coefficient (Wildman–Crippen LogP) is 3.80. The molecule has 1 amide bonds. The van der Waals surface area contributed by atoms with E-state index >= 15 is 0 Å². The lowest BCUT2D eigenvalue weighted by Gasteiger charge is -2.18. The monoisotopic (exact) mass is 429 g/mol. The number of hydrogen-bond donors (Lipinski definition) is 1. The maximum absolute atomic E-state index is 12.5. The van der Waals surface area contributed by atoms with Crippen molar-refractivity contribution in [3.05, 3.63) is 58.9 Å². The quantitative estimate of drug-likeness (QED) is 0.617. The van der Waals surface area contributed by atoms with Gasteiger partial charge in [-0.1, -0.05) is 26.0 Å². The van der Waals surface area contributed by atoms with Crippen LogP contribution in [-0.2, 0) is 21.4 Å². The minimum Gasteiger partial charge on any atom is -0.348 e. The third kappa shape index (κ3) is 4.84. The number of amides is 1. The number of carbonyl (C=O) groups excluding carboxylic acids is 1. The van der Waals surface area contributed by atoms with Gasteiger partial charge in [0, 0.05) is 43.1 Å². The summed E-state index contributed by atoms with van der Waals surface area (Å²) in [5, 5.41) is 2.86. The standard InChI is InChI=1S/C23H31N3O3S/c1-5-25(6-2)30(28,29)22-12-7-19(8-13-22)16-24-23(27)14-9-20-15-17(3)26(18(20)4)21-10-11-21/h7-9,12-15,21H,5-6,10-11,16H2,1-4H3,(H,24,27)/b14-9+. The van der Waals surface area contributed by atoms with E-state index < -0.39 is 10.0 Å². The maximum Gasteiger partial charge on any atom is 0.244 e. The first-order chi connectivity index (χ1) is 14.3. The topological polar surface area (TPSA) is 71.4 Å². The smallest absolute Gasteiger partial charge is 0.244 e. The molecule has 7 heteroatoms. The number of aromatic nitrogens is 1. The maximum atomic E-state index is 12.5. The van der Waals surface area contributed by atoms with Gasteiger partial charge < -0.3 is 9.88 Å². The fourth-order valence-corrected chi connectivity index (χ4v) is 5.23. The Balaban J connectivity index is 1.59. The molecule has 1 aromatic carbocycles. The van der Waals surface area contributed by atoms with Crippen molar-refractivity contribution in [2.75, 3.05) is 13.1 Å². The highest BCUT2D eigenvalue weighted by Crippen LogP contribution is 2.38. The zero-order chi connectivity index (χ0) is 21.9. The Morgan fingerprint density at radius 1 is 1.17 bits per heavy atom. The normalized spacial score (nSPS) is 14.6. The third-order valence-electron chi connectivity index (χ3n) is 5.58. The lowest BCUT2D eigenvalue weighted by Crippen LogP contribution is -2.30. The molecule has 0 aliphatic heterocycles. The summed E-state index contributed by atoms with van der Waals surface area (Å²) in [6.45, 7) is 9.06. The number of sulfonamides is 1. The molecule has 0 radical (unpaired) electrons. The number of benzene rings is 1. The number of carbonyl (C=O) groups is 1. The first-order valence-corrected chi connectivity index (χ1v) is 11.9. The van der Waals surface area contributed by atoms with Crippen molar-refractivity contribution in [1.29, 1.82) is 0 Å². The van der Waals surface area contributed by atoms with Crippen LogP contribution in [0.15, 0.2) is 41.3 Å². The van der Waals surface area contributed by atoms with Gasteiger partial charge in [-0.2, -0.15) is 4.31 Å². The number of nitrogens with one attached hydrogen (secondary N) is 1. The van der Waals surface area contributed by atoms with Crippen LogP contribution in [-0.4, -0.2) is 36.3 Å². The van der Waals surface area contributed by atoms with E-state index in [-0.39, 0.29) is 10.8 Å². The average Bonchev–Trinajstić information content (AvgIpc) is 3.51. The first-order valence-electron chi connectivity index (χ1n) is 10.5. The van der Waals surface area contributed by atoms with Crippen LogP contribution in [0.2, 0.25) is 0 Å². The summed E-state index contributed by atoms with van der Waals surface area (Å²) in [5.41, 5.74) is 4.35. The highest BCUT2D eigenvalue weighted by atomic mass is 32.2. The van der Waals surface area contributed by atoms with Crippen molar-refractivity contribution < 1.29 is 13.2 Å². The summed E-state index contributed by atoms with van der Waals surface area (Å²) in [6, 6.07) is 9.41. The van der Waals surface area contributed by atoms with Crippen LogP contribution in [0, 0.1) is 13.8 Å². The van der Waals surface area contributed by atoms with Crippen molar-refractivity contribution in [2.24, 2.45) is 0 Å². The highest BCUT2D eigenvalue weighted by Gasteiger charge is 2.26. The lowest BCUT2D eigenvalue weighted by atomic mass is 10.2. The Labute approximate surface area is 179 Å². The fraction of sp³-hybridized carbons (Fsp3) is 0.435. The Morgan fingerprint density at radius 2 is 1.80 bits per heavy atom. The van der Waals surface area contributed by atoms with Crippen molar-refractivity contribution in [2.45, 2.75) is 58.0 Å². The third-order valence-corrected chi connectivity index (χ3v) is 7.65. The molecule has 1 saturated carbocycles. The molecule has 1 heterocycles. The summed E-state index contributed by atoms with van der Waals surface area (Å²) in [5.74, 6) is -0.175. The molecule has 0 saturated heterocycles. The Kier molecular flexibility index (Phi) is 6.83. The summed E-state index contributed by atoms with van der Waals surface area (Å²) < 4.78 is 28.9. The van der Waals surface area contributed by atoms with E-state index in [0.29, 0.717) is 25.7 Å². The van der Waals surface area contributed by atoms with Gasteiger partial charge in [-0.3, -0.25) is 4.79 Å². The predicted molar refractivity (Wildman–Crippen MR) is 120 cm³/mol. The van der Waals surface area contributed by atoms with E-state index in [1.165, 1.54) is 28.5 Å². The summed E-state index contributed by atoms with van der Waals surface area (Å²) in [6.07, 6.45) is 5.87. The van der Waals surface area contributed by atoms with Crippen molar-refractivity contribution in [3.63, 3.8) is 0 Å². The number of nitrogens with zero attached hydrogens (tertiary/aromatic N) is 2. The molecule has 0 unspecified atom stereocenters. The van der Waals surface area contributed by atoms with E-state index in [9.17, 15) is 13.2 Å². The first kappa shape index (κ1) is 22.3. The van der Waals surface area contributed by atoms with Crippen molar-refractivity contribution in [1.82, 2.24) is 14.2 Å². The second-order valence-electron chi connectivity index (χ2n) is 7.71. The van der Waals surface area contributed by atoms with Crippen LogP contribution in [0.5, 0.6) is 0 Å². The van der Waals surface area contributed by atoms with Gasteiger partial charge in [-0.05, 0) is 62.1 Å². The zero-order valence-electron chi connectivity index (χ0n) is 18.2. The van der Waals surface area contributed by atoms with Crippen LogP contribution in [0.25, 0.3) is 6.08 Å². The average molecular weight is 430 g/mol. The number of aryl methyl sites for hydroxylation is 1. The molecule has 1 aromatic heterocycles. The van der Waals surface area contributed by atoms with Crippen molar-refractivity contribution in [3.8, 4) is 0 Å². The largest absolute Gasteiger partial charge is 0.348 e. The summed E-state index contributed by atoms with van der Waals surface area (Å²) in [7, 11) is -3.46. The van der Waals surface area contributed by atoms with Gasteiger partial charge in [-0.15, -0.1) is 0 Å². The van der Waals surface area contributed by atoms with E-state index in [1.54, 1.807) is 30.3 Å². The van der Waals surface area contributed by atoms with E-state index in [0.717, 1.165) is 11.1 Å². The van der Waals surface area contributed by atoms with Gasteiger partial charge in [-0.25, -0.2) is 8.42 Å². The van der Waals surface area contributed by atoms with Gasteiger partial charge >= 0.3 is 0 Å². The second-order valence-corrected chi connectivity index (χ2v) is 9.65. The lowest BCUT2D eigenvalue weighted by molar-refractivity contribution is -0.116. The number of rotatable bonds is 9. The molecule has 2 aromatic rings. The van der Waals surface area contributed by atoms with Crippen LogP contribution in [0.1, 0.15) is 55.2 Å². The van der Waals surface area contributed by atoms with E-state index in [1.807, 2.05) is 19.9 Å². The molecule has 162 valence electrons. The molecule has 0 spiro atoms. The van der Waals surface area contributed by atoms with E-state index in [2.05, 4.69) is 29.8 Å². The SMILES string of the molecule is CCN(CC)S(=O)(=O)c1ccc(CNC(=O)/C=C/c2cc(C)n(C3CC3)c2C)cc1. The molecule has 30 heavy (non-hydrogen) atoms. The van der Waals surface area contributed by atoms with Crippen LogP contribution in [0.3, 0.4) is 0 Å². The minimum atomic E-state index is -3.46. The molecular formula is C23H31N3O3S. The Bertz CT molecular complexity index is 1030. The Hall–Kier alpha value is -2.38. The van der Waals surface area contributed by atoms with Crippen molar-refractivity contribution >= 4 is 22.0 Å². The Morgan fingerprint density at radius 3 is 2.37 bits per heavy atom. The van der Waals surface area contributed by atoms with Crippen LogP contribution in [0.4, 0.5) is 0 Å². The van der Waals surface area contributed by atoms with Gasteiger partial charge in [0.05, 0.1) is 4.90 Å². The van der Waals surface area contributed by atoms with Crippen LogP contribution >= 0.6 is 0 Å². The highest BCUT2D eigenvalue weighted by molar-refractivity contribution is 7.89. The molecule has 3 rings (SSSR count). The fourth-order valence-electron chi connectivity index (χ4n) is 3.77.